The monoisotopic (exact) mass is 149 g/mol. The number of ether oxygens (including phenoxy) is 1. The van der Waals surface area contributed by atoms with Gasteiger partial charge in [0, 0.05) is 5.92 Å². The van der Waals surface area contributed by atoms with E-state index in [9.17, 15) is 0 Å². The van der Waals surface area contributed by atoms with E-state index in [1.54, 1.807) is 7.11 Å². The van der Waals surface area contributed by atoms with Crippen molar-refractivity contribution in [1.82, 2.24) is 6.15 Å². The minimum absolute atomic E-state index is 0. The lowest BCUT2D eigenvalue weighted by Crippen LogP contribution is -2.08. The largest absolute Gasteiger partial charge is 0.490 e. The summed E-state index contributed by atoms with van der Waals surface area (Å²) in [6.07, 6.45) is 1.06. The van der Waals surface area contributed by atoms with E-state index in [2.05, 4.69) is 13.8 Å². The van der Waals surface area contributed by atoms with E-state index in [1.165, 1.54) is 0 Å². The summed E-state index contributed by atoms with van der Waals surface area (Å²) in [6, 6.07) is 0. The first-order valence-electron chi connectivity index (χ1n) is 2.80. The molecular weight excluding hydrogens is 134 g/mol. The maximum absolute atomic E-state index is 4.85. The maximum Gasteiger partial charge on any atom is 0.162 e. The molecule has 1 atom stereocenters. The zero-order valence-corrected chi connectivity index (χ0v) is 7.12. The van der Waals surface area contributed by atoms with Crippen molar-refractivity contribution in [3.05, 3.63) is 0 Å². The molecule has 0 aromatic heterocycles. The molecule has 0 bridgehead atoms. The van der Waals surface area contributed by atoms with Gasteiger partial charge in [0.05, 0.1) is 7.11 Å². The molecule has 3 N–H and O–H groups in total. The van der Waals surface area contributed by atoms with Gasteiger partial charge in [0.1, 0.15) is 0 Å². The van der Waals surface area contributed by atoms with E-state index in [0.29, 0.717) is 11.0 Å². The van der Waals surface area contributed by atoms with Gasteiger partial charge in [0.2, 0.25) is 0 Å². The molecule has 0 fully saturated rings. The third-order valence-corrected chi connectivity index (χ3v) is 1.78. The molecule has 0 aromatic rings. The number of hydrogen-bond donors (Lipinski definition) is 1. The lowest BCUT2D eigenvalue weighted by atomic mass is 10.1. The number of methoxy groups -OCH3 is 1. The van der Waals surface area contributed by atoms with E-state index in [-0.39, 0.29) is 6.15 Å². The van der Waals surface area contributed by atoms with Gasteiger partial charge in [-0.1, -0.05) is 13.8 Å². The predicted molar refractivity (Wildman–Crippen MR) is 44.1 cm³/mol. The molecule has 56 valence electrons. The smallest absolute Gasteiger partial charge is 0.162 e. The van der Waals surface area contributed by atoms with Crippen LogP contribution in [0.3, 0.4) is 0 Å². The Hall–Kier alpha value is -0.150. The maximum atomic E-state index is 4.85. The highest BCUT2D eigenvalue weighted by atomic mass is 32.1. The quantitative estimate of drug-likeness (QED) is 0.612. The summed E-state index contributed by atoms with van der Waals surface area (Å²) >= 11 is 4.85. The minimum Gasteiger partial charge on any atom is -0.490 e. The van der Waals surface area contributed by atoms with E-state index in [0.717, 1.165) is 6.42 Å². The molecule has 0 amide bonds. The summed E-state index contributed by atoms with van der Waals surface area (Å²) in [4.78, 5) is 0. The van der Waals surface area contributed by atoms with Gasteiger partial charge in [-0.2, -0.15) is 0 Å². The first-order valence-corrected chi connectivity index (χ1v) is 3.21. The SMILES string of the molecule is CCC(C)C(=S)OC.N. The van der Waals surface area contributed by atoms with Gasteiger partial charge in [-0.3, -0.25) is 0 Å². The van der Waals surface area contributed by atoms with Crippen LogP contribution in [0.15, 0.2) is 0 Å². The van der Waals surface area contributed by atoms with Gasteiger partial charge in [0.15, 0.2) is 5.05 Å². The Morgan fingerprint density at radius 1 is 1.67 bits per heavy atom. The van der Waals surface area contributed by atoms with Crippen LogP contribution >= 0.6 is 12.2 Å². The normalized spacial score (nSPS) is 11.4. The van der Waals surface area contributed by atoms with Crippen LogP contribution in [0.5, 0.6) is 0 Å². The number of rotatable bonds is 2. The molecule has 0 rings (SSSR count). The van der Waals surface area contributed by atoms with E-state index in [1.807, 2.05) is 0 Å². The molecule has 9 heavy (non-hydrogen) atoms. The van der Waals surface area contributed by atoms with E-state index < -0.39 is 0 Å². The summed E-state index contributed by atoms with van der Waals surface area (Å²) in [7, 11) is 1.62. The lowest BCUT2D eigenvalue weighted by molar-refractivity contribution is 0.381. The van der Waals surface area contributed by atoms with Crippen molar-refractivity contribution in [1.29, 1.82) is 0 Å². The van der Waals surface area contributed by atoms with Gasteiger partial charge in [0.25, 0.3) is 0 Å². The van der Waals surface area contributed by atoms with Crippen LogP contribution in [0.25, 0.3) is 0 Å². The second-order valence-electron chi connectivity index (χ2n) is 1.83. The topological polar surface area (TPSA) is 44.2 Å². The summed E-state index contributed by atoms with van der Waals surface area (Å²) in [6.45, 7) is 4.15. The van der Waals surface area contributed by atoms with Gasteiger partial charge in [-0.25, -0.2) is 0 Å². The molecule has 0 aliphatic heterocycles. The Balaban J connectivity index is 0. The molecule has 0 radical (unpaired) electrons. The minimum atomic E-state index is 0. The Morgan fingerprint density at radius 2 is 2.11 bits per heavy atom. The zero-order chi connectivity index (χ0) is 6.57. The average Bonchev–Trinajstić information content (AvgIpc) is 1.84. The van der Waals surface area contributed by atoms with Crippen LogP contribution in [0.1, 0.15) is 20.3 Å². The van der Waals surface area contributed by atoms with E-state index in [4.69, 9.17) is 17.0 Å². The van der Waals surface area contributed by atoms with Crippen LogP contribution in [-0.2, 0) is 4.74 Å². The predicted octanol–water partition coefficient (Wildman–Crippen LogP) is 2.17. The fourth-order valence-electron chi connectivity index (χ4n) is 0.368. The molecule has 0 aromatic carbocycles. The van der Waals surface area contributed by atoms with Crippen molar-refractivity contribution in [3.8, 4) is 0 Å². The van der Waals surface area contributed by atoms with Gasteiger partial charge >= 0.3 is 0 Å². The number of hydrogen-bond acceptors (Lipinski definition) is 3. The molecular formula is C6H15NOS. The standard InChI is InChI=1S/C6H12OS.H3N/c1-4-5(2)6(8)7-3;/h5H,4H2,1-3H3;1H3. The lowest BCUT2D eigenvalue weighted by Gasteiger charge is -2.06. The van der Waals surface area contributed by atoms with Crippen LogP contribution < -0.4 is 6.15 Å². The first-order chi connectivity index (χ1) is 3.72. The van der Waals surface area contributed by atoms with Crippen LogP contribution in [-0.4, -0.2) is 12.2 Å². The molecule has 2 nitrogen and oxygen atoms in total. The average molecular weight is 149 g/mol. The highest BCUT2D eigenvalue weighted by Crippen LogP contribution is 2.03. The van der Waals surface area contributed by atoms with E-state index >= 15 is 0 Å². The molecule has 0 saturated carbocycles. The number of thiocarbonyl (C=S) groups is 1. The summed E-state index contributed by atoms with van der Waals surface area (Å²) in [5.41, 5.74) is 0. The Labute approximate surface area is 62.2 Å². The van der Waals surface area contributed by atoms with Crippen molar-refractivity contribution in [2.24, 2.45) is 5.92 Å². The molecule has 3 heteroatoms. The Kier molecular flexibility index (Phi) is 7.72. The van der Waals surface area contributed by atoms with Crippen molar-refractivity contribution in [2.75, 3.05) is 7.11 Å². The second kappa shape index (κ2) is 5.98. The highest BCUT2D eigenvalue weighted by molar-refractivity contribution is 7.80. The van der Waals surface area contributed by atoms with Crippen LogP contribution in [0.4, 0.5) is 0 Å². The molecule has 0 aliphatic carbocycles. The molecule has 0 heterocycles. The molecule has 0 aliphatic rings. The van der Waals surface area contributed by atoms with Gasteiger partial charge in [-0.05, 0) is 18.6 Å². The van der Waals surface area contributed by atoms with Gasteiger partial charge in [-0.15, -0.1) is 0 Å². The summed E-state index contributed by atoms with van der Waals surface area (Å²) < 4.78 is 4.83. The summed E-state index contributed by atoms with van der Waals surface area (Å²) in [5, 5.41) is 0.715. The molecule has 0 saturated heterocycles. The molecule has 0 spiro atoms. The Morgan fingerprint density at radius 3 is 2.22 bits per heavy atom. The van der Waals surface area contributed by atoms with Crippen LogP contribution in [0, 0.1) is 5.92 Å². The highest BCUT2D eigenvalue weighted by Gasteiger charge is 2.03. The van der Waals surface area contributed by atoms with Crippen LogP contribution in [0.2, 0.25) is 0 Å². The second-order valence-corrected chi connectivity index (χ2v) is 2.23. The molecule has 1 unspecified atom stereocenters. The van der Waals surface area contributed by atoms with Gasteiger partial charge < -0.3 is 10.9 Å². The van der Waals surface area contributed by atoms with Crippen molar-refractivity contribution in [3.63, 3.8) is 0 Å². The van der Waals surface area contributed by atoms with Crippen molar-refractivity contribution < 1.29 is 4.74 Å². The third kappa shape index (κ3) is 4.36. The van der Waals surface area contributed by atoms with Crippen molar-refractivity contribution >= 4 is 17.3 Å². The van der Waals surface area contributed by atoms with Crippen molar-refractivity contribution in [2.45, 2.75) is 20.3 Å². The fourth-order valence-corrected chi connectivity index (χ4v) is 0.535. The zero-order valence-electron chi connectivity index (χ0n) is 6.31. The first kappa shape index (κ1) is 11.6. The third-order valence-electron chi connectivity index (χ3n) is 1.22. The summed E-state index contributed by atoms with van der Waals surface area (Å²) in [5.74, 6) is 0.426. The Bertz CT molecular complexity index is 85.1. The fraction of sp³-hybridized carbons (Fsp3) is 0.833.